The van der Waals surface area contributed by atoms with E-state index in [1.54, 1.807) is 0 Å². The number of hydrogen-bond acceptors (Lipinski definition) is 3. The third kappa shape index (κ3) is 3.96. The molecule has 0 unspecified atom stereocenters. The quantitative estimate of drug-likeness (QED) is 0.816. The van der Waals surface area contributed by atoms with Gasteiger partial charge >= 0.3 is 0 Å². The highest BCUT2D eigenvalue weighted by atomic mass is 79.9. The molecule has 100 valence electrons. The van der Waals surface area contributed by atoms with Gasteiger partial charge in [0.2, 0.25) is 0 Å². The van der Waals surface area contributed by atoms with Crippen LogP contribution in [0, 0.1) is 5.82 Å². The molecule has 0 radical (unpaired) electrons. The van der Waals surface area contributed by atoms with Crippen LogP contribution in [-0.2, 0) is 4.74 Å². The third-order valence-electron chi connectivity index (χ3n) is 2.40. The summed E-state index contributed by atoms with van der Waals surface area (Å²) < 4.78 is 18.0. The van der Waals surface area contributed by atoms with Crippen molar-refractivity contribution in [1.82, 2.24) is 4.90 Å². The summed E-state index contributed by atoms with van der Waals surface area (Å²) in [6, 6.07) is 3.31. The first-order valence-electron chi connectivity index (χ1n) is 5.42. The van der Waals surface area contributed by atoms with E-state index in [0.29, 0.717) is 25.0 Å². The van der Waals surface area contributed by atoms with E-state index in [9.17, 15) is 14.3 Å². The van der Waals surface area contributed by atoms with E-state index in [0.717, 1.165) is 12.1 Å². The molecule has 18 heavy (non-hydrogen) atoms. The first kappa shape index (κ1) is 14.9. The summed E-state index contributed by atoms with van der Waals surface area (Å²) >= 11 is 3.24. The zero-order chi connectivity index (χ0) is 13.5. The zero-order valence-electron chi connectivity index (χ0n) is 10.0. The number of nitrogens with zero attached hydrogens (tertiary/aromatic N) is 1. The van der Waals surface area contributed by atoms with Crippen molar-refractivity contribution >= 4 is 21.8 Å². The van der Waals surface area contributed by atoms with Crippen molar-refractivity contribution < 1.29 is 19.0 Å². The van der Waals surface area contributed by atoms with Gasteiger partial charge in [0.05, 0.1) is 12.2 Å². The molecule has 1 aromatic rings. The van der Waals surface area contributed by atoms with Crippen molar-refractivity contribution in [3.8, 4) is 5.75 Å². The Bertz CT molecular complexity index is 414. The number of aromatic hydroxyl groups is 1. The van der Waals surface area contributed by atoms with E-state index in [1.807, 2.05) is 0 Å². The standard InChI is InChI=1S/C12H15BrFNO3/c1-18-7-6-15(5-4-13)12(17)10-8-9(14)2-3-11(10)16/h2-3,8,16H,4-7H2,1H3. The summed E-state index contributed by atoms with van der Waals surface area (Å²) in [6.45, 7) is 1.23. The van der Waals surface area contributed by atoms with Crippen molar-refractivity contribution in [1.29, 1.82) is 0 Å². The predicted molar refractivity (Wildman–Crippen MR) is 69.6 cm³/mol. The molecule has 0 spiro atoms. The second-order valence-electron chi connectivity index (χ2n) is 3.64. The molecule has 0 atom stereocenters. The summed E-state index contributed by atoms with van der Waals surface area (Å²) in [5.41, 5.74) is -0.0351. The number of alkyl halides is 1. The molecule has 0 aliphatic carbocycles. The van der Waals surface area contributed by atoms with Crippen molar-refractivity contribution in [3.63, 3.8) is 0 Å². The van der Waals surface area contributed by atoms with Gasteiger partial charge < -0.3 is 14.7 Å². The van der Waals surface area contributed by atoms with E-state index in [4.69, 9.17) is 4.74 Å². The molecule has 6 heteroatoms. The molecule has 0 saturated heterocycles. The molecular formula is C12H15BrFNO3. The monoisotopic (exact) mass is 319 g/mol. The number of phenolic OH excluding ortho intramolecular Hbond substituents is 1. The fourth-order valence-corrected chi connectivity index (χ4v) is 1.90. The van der Waals surface area contributed by atoms with Gasteiger partial charge in [-0.25, -0.2) is 4.39 Å². The lowest BCUT2D eigenvalue weighted by Gasteiger charge is -2.21. The minimum absolute atomic E-state index is 0.0351. The number of phenols is 1. The third-order valence-corrected chi connectivity index (χ3v) is 2.75. The average molecular weight is 320 g/mol. The maximum absolute atomic E-state index is 13.1. The molecule has 0 aliphatic rings. The molecule has 0 aliphatic heterocycles. The molecule has 0 bridgehead atoms. The summed E-state index contributed by atoms with van der Waals surface area (Å²) in [5, 5.41) is 10.2. The molecule has 4 nitrogen and oxygen atoms in total. The van der Waals surface area contributed by atoms with Crippen LogP contribution in [-0.4, -0.2) is 48.0 Å². The fraction of sp³-hybridized carbons (Fsp3) is 0.417. The predicted octanol–water partition coefficient (Wildman–Crippen LogP) is 2.01. The van der Waals surface area contributed by atoms with Gasteiger partial charge in [-0.05, 0) is 18.2 Å². The summed E-state index contributed by atoms with van der Waals surface area (Å²) in [5.74, 6) is -1.19. The first-order chi connectivity index (χ1) is 8.60. The summed E-state index contributed by atoms with van der Waals surface area (Å²) in [4.78, 5) is 13.6. The van der Waals surface area contributed by atoms with Gasteiger partial charge in [-0.1, -0.05) is 15.9 Å². The number of carbonyl (C=O) groups is 1. The maximum Gasteiger partial charge on any atom is 0.257 e. The number of hydrogen-bond donors (Lipinski definition) is 1. The minimum atomic E-state index is -0.554. The molecular weight excluding hydrogens is 305 g/mol. The highest BCUT2D eigenvalue weighted by molar-refractivity contribution is 9.09. The van der Waals surface area contributed by atoms with Crippen LogP contribution in [0.3, 0.4) is 0 Å². The Morgan fingerprint density at radius 1 is 1.50 bits per heavy atom. The van der Waals surface area contributed by atoms with Crippen molar-refractivity contribution in [2.45, 2.75) is 0 Å². The molecule has 0 fully saturated rings. The second kappa shape index (κ2) is 7.33. The van der Waals surface area contributed by atoms with Gasteiger partial charge in [-0.3, -0.25) is 4.79 Å². The van der Waals surface area contributed by atoms with Crippen LogP contribution in [0.2, 0.25) is 0 Å². The molecule has 0 saturated carbocycles. The van der Waals surface area contributed by atoms with Crippen molar-refractivity contribution in [2.24, 2.45) is 0 Å². The minimum Gasteiger partial charge on any atom is -0.507 e. The maximum atomic E-state index is 13.1. The van der Waals surface area contributed by atoms with E-state index in [2.05, 4.69) is 15.9 Å². The highest BCUT2D eigenvalue weighted by Gasteiger charge is 2.18. The van der Waals surface area contributed by atoms with Gasteiger partial charge in [0.15, 0.2) is 0 Å². The van der Waals surface area contributed by atoms with E-state index >= 15 is 0 Å². The number of carbonyl (C=O) groups excluding carboxylic acids is 1. The molecule has 1 N–H and O–H groups in total. The van der Waals surface area contributed by atoms with Crippen LogP contribution in [0.1, 0.15) is 10.4 Å². The van der Waals surface area contributed by atoms with Crippen LogP contribution in [0.15, 0.2) is 18.2 Å². The van der Waals surface area contributed by atoms with Crippen LogP contribution in [0.4, 0.5) is 4.39 Å². The molecule has 1 amide bonds. The van der Waals surface area contributed by atoms with Crippen molar-refractivity contribution in [2.75, 3.05) is 32.1 Å². The lowest BCUT2D eigenvalue weighted by atomic mass is 10.1. The zero-order valence-corrected chi connectivity index (χ0v) is 11.6. The van der Waals surface area contributed by atoms with Gasteiger partial charge in [-0.15, -0.1) is 0 Å². The van der Waals surface area contributed by atoms with Crippen molar-refractivity contribution in [3.05, 3.63) is 29.6 Å². The number of amides is 1. The Kier molecular flexibility index (Phi) is 6.07. The van der Waals surface area contributed by atoms with Crippen LogP contribution in [0.25, 0.3) is 0 Å². The van der Waals surface area contributed by atoms with E-state index in [1.165, 1.54) is 18.1 Å². The van der Waals surface area contributed by atoms with Crippen LogP contribution < -0.4 is 0 Å². The number of halogens is 2. The van der Waals surface area contributed by atoms with E-state index < -0.39 is 11.7 Å². The Balaban J connectivity index is 2.90. The summed E-state index contributed by atoms with van der Waals surface area (Å²) in [7, 11) is 1.54. The van der Waals surface area contributed by atoms with Crippen LogP contribution in [0.5, 0.6) is 5.75 Å². The SMILES string of the molecule is COCCN(CCBr)C(=O)c1cc(F)ccc1O. The normalized spacial score (nSPS) is 10.4. The molecule has 0 heterocycles. The number of benzene rings is 1. The Hall–Kier alpha value is -1.14. The molecule has 0 aromatic heterocycles. The number of ether oxygens (including phenoxy) is 1. The van der Waals surface area contributed by atoms with Gasteiger partial charge in [0, 0.05) is 25.5 Å². The van der Waals surface area contributed by atoms with Gasteiger partial charge in [0.25, 0.3) is 5.91 Å². The fourth-order valence-electron chi connectivity index (χ4n) is 1.47. The Morgan fingerprint density at radius 2 is 2.22 bits per heavy atom. The lowest BCUT2D eigenvalue weighted by molar-refractivity contribution is 0.0705. The smallest absolute Gasteiger partial charge is 0.257 e. The molecule has 1 aromatic carbocycles. The Labute approximate surface area is 113 Å². The number of methoxy groups -OCH3 is 1. The largest absolute Gasteiger partial charge is 0.507 e. The summed E-state index contributed by atoms with van der Waals surface area (Å²) in [6.07, 6.45) is 0. The highest BCUT2D eigenvalue weighted by Crippen LogP contribution is 2.19. The van der Waals surface area contributed by atoms with Crippen LogP contribution >= 0.6 is 15.9 Å². The second-order valence-corrected chi connectivity index (χ2v) is 4.43. The van der Waals surface area contributed by atoms with E-state index in [-0.39, 0.29) is 11.3 Å². The number of rotatable bonds is 6. The lowest BCUT2D eigenvalue weighted by Crippen LogP contribution is -2.35. The Morgan fingerprint density at radius 3 is 2.83 bits per heavy atom. The first-order valence-corrected chi connectivity index (χ1v) is 6.55. The topological polar surface area (TPSA) is 49.8 Å². The van der Waals surface area contributed by atoms with Gasteiger partial charge in [-0.2, -0.15) is 0 Å². The average Bonchev–Trinajstić information content (AvgIpc) is 2.36. The van der Waals surface area contributed by atoms with Gasteiger partial charge in [0.1, 0.15) is 11.6 Å². The molecule has 1 rings (SSSR count).